The van der Waals surface area contributed by atoms with E-state index in [1.54, 1.807) is 0 Å². The summed E-state index contributed by atoms with van der Waals surface area (Å²) in [6, 6.07) is 10.0. The van der Waals surface area contributed by atoms with E-state index in [-0.39, 0.29) is 10.9 Å². The maximum absolute atomic E-state index is 13.3. The highest BCUT2D eigenvalue weighted by atomic mass is 32.2. The molecule has 0 radical (unpaired) electrons. The molecule has 0 heterocycles. The lowest BCUT2D eigenvalue weighted by Gasteiger charge is -2.24. The van der Waals surface area contributed by atoms with Crippen molar-refractivity contribution in [2.75, 3.05) is 7.05 Å². The fourth-order valence-corrected chi connectivity index (χ4v) is 4.26. The molecule has 0 amide bonds. The summed E-state index contributed by atoms with van der Waals surface area (Å²) in [6.45, 7) is 0. The fraction of sp³-hybridized carbons (Fsp3) is 0.250. The van der Waals surface area contributed by atoms with E-state index in [1.807, 2.05) is 24.3 Å². The number of aryl methyl sites for hydroxylation is 1. The summed E-state index contributed by atoms with van der Waals surface area (Å²) >= 11 is 0. The third-order valence-corrected chi connectivity index (χ3v) is 5.97. The normalized spacial score (nSPS) is 17.7. The van der Waals surface area contributed by atoms with E-state index in [0.29, 0.717) is 6.42 Å². The number of halogens is 2. The second-order valence-corrected chi connectivity index (χ2v) is 7.35. The molecular weight excluding hydrogens is 308 g/mol. The monoisotopic (exact) mass is 323 g/mol. The highest BCUT2D eigenvalue weighted by Gasteiger charge is 2.33. The molecule has 0 spiro atoms. The van der Waals surface area contributed by atoms with Gasteiger partial charge in [0.2, 0.25) is 10.0 Å². The fourth-order valence-electron chi connectivity index (χ4n) is 2.88. The van der Waals surface area contributed by atoms with Crippen LogP contribution in [0.25, 0.3) is 0 Å². The molecule has 2 aromatic rings. The molecule has 0 fully saturated rings. The zero-order chi connectivity index (χ0) is 15.9. The van der Waals surface area contributed by atoms with E-state index in [4.69, 9.17) is 0 Å². The van der Waals surface area contributed by atoms with Crippen molar-refractivity contribution in [1.82, 2.24) is 4.31 Å². The predicted molar refractivity (Wildman–Crippen MR) is 78.8 cm³/mol. The van der Waals surface area contributed by atoms with Crippen LogP contribution in [-0.2, 0) is 16.4 Å². The van der Waals surface area contributed by atoms with E-state index in [0.717, 1.165) is 35.7 Å². The number of rotatable bonds is 3. The molecule has 1 aliphatic carbocycles. The smallest absolute Gasteiger partial charge is 0.207 e. The zero-order valence-corrected chi connectivity index (χ0v) is 12.8. The average molecular weight is 323 g/mol. The lowest BCUT2D eigenvalue weighted by molar-refractivity contribution is 0.374. The third kappa shape index (κ3) is 2.42. The molecule has 1 aliphatic rings. The molecule has 0 aliphatic heterocycles. The molecule has 0 saturated carbocycles. The predicted octanol–water partition coefficient (Wildman–Crippen LogP) is 3.27. The Morgan fingerprint density at radius 2 is 1.82 bits per heavy atom. The molecule has 2 aromatic carbocycles. The largest absolute Gasteiger partial charge is 0.243 e. The van der Waals surface area contributed by atoms with Crippen molar-refractivity contribution in [3.05, 3.63) is 65.2 Å². The van der Waals surface area contributed by atoms with E-state index in [2.05, 4.69) is 0 Å². The summed E-state index contributed by atoms with van der Waals surface area (Å²) in [5.74, 6) is -2.23. The molecule has 1 atom stereocenters. The van der Waals surface area contributed by atoms with Gasteiger partial charge in [0.1, 0.15) is 0 Å². The second kappa shape index (κ2) is 5.44. The van der Waals surface area contributed by atoms with E-state index in [1.165, 1.54) is 11.4 Å². The summed E-state index contributed by atoms with van der Waals surface area (Å²) in [5, 5.41) is 0. The first-order valence-electron chi connectivity index (χ1n) is 6.92. The van der Waals surface area contributed by atoms with Gasteiger partial charge >= 0.3 is 0 Å². The van der Waals surface area contributed by atoms with Gasteiger partial charge in [-0.15, -0.1) is 0 Å². The third-order valence-electron chi connectivity index (χ3n) is 4.11. The molecule has 6 heteroatoms. The van der Waals surface area contributed by atoms with Gasteiger partial charge in [0.15, 0.2) is 11.6 Å². The molecule has 0 aromatic heterocycles. The van der Waals surface area contributed by atoms with Gasteiger partial charge < -0.3 is 0 Å². The van der Waals surface area contributed by atoms with Crippen LogP contribution in [0.1, 0.15) is 23.6 Å². The molecule has 0 bridgehead atoms. The van der Waals surface area contributed by atoms with Crippen LogP contribution in [0.4, 0.5) is 8.78 Å². The van der Waals surface area contributed by atoms with Crippen LogP contribution in [-0.4, -0.2) is 19.8 Å². The SMILES string of the molecule is CN(C1CCc2ccccc21)S(=O)(=O)c1ccc(F)c(F)c1. The van der Waals surface area contributed by atoms with Gasteiger partial charge in [-0.25, -0.2) is 17.2 Å². The second-order valence-electron chi connectivity index (χ2n) is 5.35. The minimum atomic E-state index is -3.88. The van der Waals surface area contributed by atoms with Crippen LogP contribution in [0.5, 0.6) is 0 Å². The van der Waals surface area contributed by atoms with Gasteiger partial charge in [0, 0.05) is 7.05 Å². The molecule has 0 N–H and O–H groups in total. The van der Waals surface area contributed by atoms with Crippen LogP contribution in [0.2, 0.25) is 0 Å². The van der Waals surface area contributed by atoms with Crippen molar-refractivity contribution in [2.24, 2.45) is 0 Å². The summed E-state index contributed by atoms with van der Waals surface area (Å²) in [5.41, 5.74) is 2.09. The number of hydrogen-bond donors (Lipinski definition) is 0. The molecule has 0 saturated heterocycles. The highest BCUT2D eigenvalue weighted by molar-refractivity contribution is 7.89. The first kappa shape index (κ1) is 15.1. The zero-order valence-electron chi connectivity index (χ0n) is 12.0. The van der Waals surface area contributed by atoms with Gasteiger partial charge in [0.25, 0.3) is 0 Å². The summed E-state index contributed by atoms with van der Waals surface area (Å²) in [4.78, 5) is -0.238. The van der Waals surface area contributed by atoms with Crippen LogP contribution in [0.3, 0.4) is 0 Å². The van der Waals surface area contributed by atoms with E-state index >= 15 is 0 Å². The molecular formula is C16H15F2NO2S. The minimum absolute atomic E-state index is 0.238. The van der Waals surface area contributed by atoms with Gasteiger partial charge in [-0.1, -0.05) is 24.3 Å². The maximum Gasteiger partial charge on any atom is 0.243 e. The maximum atomic E-state index is 13.3. The molecule has 1 unspecified atom stereocenters. The molecule has 3 rings (SSSR count). The molecule has 116 valence electrons. The van der Waals surface area contributed by atoms with Crippen LogP contribution < -0.4 is 0 Å². The minimum Gasteiger partial charge on any atom is -0.207 e. The molecule has 3 nitrogen and oxygen atoms in total. The van der Waals surface area contributed by atoms with Crippen molar-refractivity contribution in [2.45, 2.75) is 23.8 Å². The number of sulfonamides is 1. The summed E-state index contributed by atoms with van der Waals surface area (Å²) < 4.78 is 52.8. The average Bonchev–Trinajstić information content (AvgIpc) is 2.93. The van der Waals surface area contributed by atoms with Gasteiger partial charge in [-0.3, -0.25) is 0 Å². The summed E-state index contributed by atoms with van der Waals surface area (Å²) in [7, 11) is -2.40. The number of nitrogens with zero attached hydrogens (tertiary/aromatic N) is 1. The van der Waals surface area contributed by atoms with Crippen LogP contribution in [0.15, 0.2) is 47.4 Å². The number of hydrogen-bond acceptors (Lipinski definition) is 2. The van der Waals surface area contributed by atoms with Crippen molar-refractivity contribution in [1.29, 1.82) is 0 Å². The van der Waals surface area contributed by atoms with Crippen molar-refractivity contribution < 1.29 is 17.2 Å². The Labute approximate surface area is 128 Å². The summed E-state index contributed by atoms with van der Waals surface area (Å²) in [6.07, 6.45) is 1.48. The first-order valence-corrected chi connectivity index (χ1v) is 8.36. The van der Waals surface area contributed by atoms with Gasteiger partial charge in [0.05, 0.1) is 10.9 Å². The Morgan fingerprint density at radius 1 is 1.09 bits per heavy atom. The van der Waals surface area contributed by atoms with Crippen molar-refractivity contribution in [3.63, 3.8) is 0 Å². The van der Waals surface area contributed by atoms with E-state index in [9.17, 15) is 17.2 Å². The van der Waals surface area contributed by atoms with Crippen molar-refractivity contribution >= 4 is 10.0 Å². The highest BCUT2D eigenvalue weighted by Crippen LogP contribution is 2.37. The Morgan fingerprint density at radius 3 is 2.55 bits per heavy atom. The van der Waals surface area contributed by atoms with E-state index < -0.39 is 21.7 Å². The van der Waals surface area contributed by atoms with Crippen molar-refractivity contribution in [3.8, 4) is 0 Å². The Hall–Kier alpha value is -1.79. The Balaban J connectivity index is 1.98. The number of fused-ring (bicyclic) bond motifs is 1. The molecule has 22 heavy (non-hydrogen) atoms. The number of benzene rings is 2. The first-order chi connectivity index (χ1) is 10.4. The van der Waals surface area contributed by atoms with Gasteiger partial charge in [-0.2, -0.15) is 4.31 Å². The Bertz CT molecular complexity index is 821. The topological polar surface area (TPSA) is 37.4 Å². The lowest BCUT2D eigenvalue weighted by Crippen LogP contribution is -2.30. The lowest BCUT2D eigenvalue weighted by atomic mass is 10.1. The van der Waals surface area contributed by atoms with Crippen LogP contribution in [0, 0.1) is 11.6 Å². The quantitative estimate of drug-likeness (QED) is 0.869. The Kier molecular flexibility index (Phi) is 3.74. The van der Waals surface area contributed by atoms with Crippen LogP contribution >= 0.6 is 0 Å². The van der Waals surface area contributed by atoms with Gasteiger partial charge in [-0.05, 0) is 42.2 Å². The standard InChI is InChI=1S/C16H15F2NO2S/c1-19(16-9-6-11-4-2-3-5-13(11)16)22(20,21)12-7-8-14(17)15(18)10-12/h2-5,7-8,10,16H,6,9H2,1H3.